The summed E-state index contributed by atoms with van der Waals surface area (Å²) in [6.07, 6.45) is 4.84. The molecule has 2 fully saturated rings. The van der Waals surface area contributed by atoms with Crippen molar-refractivity contribution >= 4 is 5.69 Å². The van der Waals surface area contributed by atoms with Crippen molar-refractivity contribution in [2.75, 3.05) is 26.2 Å². The Morgan fingerprint density at radius 2 is 1.15 bits per heavy atom. The van der Waals surface area contributed by atoms with Gasteiger partial charge in [0.1, 0.15) is 0 Å². The van der Waals surface area contributed by atoms with Crippen LogP contribution in [0.15, 0.2) is 54.6 Å². The smallest absolute Gasteiger partial charge is 0.269 e. The van der Waals surface area contributed by atoms with Crippen LogP contribution in [0.25, 0.3) is 0 Å². The molecule has 0 aromatic heterocycles. The molecule has 2 N–H and O–H groups in total. The molecule has 2 aromatic rings. The molecule has 0 saturated carbocycles. The van der Waals surface area contributed by atoms with Gasteiger partial charge in [0, 0.05) is 12.1 Å². The fourth-order valence-electron chi connectivity index (χ4n) is 3.90. The van der Waals surface area contributed by atoms with Crippen LogP contribution in [0.5, 0.6) is 0 Å². The zero-order chi connectivity index (χ0) is 18.9. The van der Waals surface area contributed by atoms with Crippen molar-refractivity contribution < 1.29 is 4.92 Å². The average molecular weight is 367 g/mol. The number of piperidine rings is 2. The predicted octanol–water partition coefficient (Wildman–Crippen LogP) is 4.22. The largest absolute Gasteiger partial charge is 0.317 e. The van der Waals surface area contributed by atoms with Crippen LogP contribution in [0.4, 0.5) is 5.69 Å². The molecule has 5 heteroatoms. The van der Waals surface area contributed by atoms with Crippen molar-refractivity contribution in [1.82, 2.24) is 10.6 Å². The Hall–Kier alpha value is -2.24. The molecule has 4 rings (SSSR count). The van der Waals surface area contributed by atoms with Crippen molar-refractivity contribution in [2.45, 2.75) is 37.5 Å². The van der Waals surface area contributed by atoms with E-state index in [0.29, 0.717) is 5.92 Å². The lowest BCUT2D eigenvalue weighted by Gasteiger charge is -2.22. The summed E-state index contributed by atoms with van der Waals surface area (Å²) >= 11 is 0. The van der Waals surface area contributed by atoms with E-state index in [1.165, 1.54) is 37.1 Å². The summed E-state index contributed by atoms with van der Waals surface area (Å²) in [5.74, 6) is 1.36. The summed E-state index contributed by atoms with van der Waals surface area (Å²) in [5, 5.41) is 17.2. The standard InChI is InChI=1S/C11H14N2O2.C11H15N/c14-13(15)11-3-1-9(2-4-11)10-5-7-12-8-6-10;1-2-4-10(5-3-1)11-6-8-12-9-7-11/h1-4,10,12H,5-8H2;1-5,11-12H,6-9H2. The minimum absolute atomic E-state index is 0.174. The number of non-ortho nitro benzene ring substituents is 1. The van der Waals surface area contributed by atoms with E-state index in [-0.39, 0.29) is 10.6 Å². The van der Waals surface area contributed by atoms with Gasteiger partial charge in [0.2, 0.25) is 0 Å². The molecule has 0 aliphatic carbocycles. The van der Waals surface area contributed by atoms with Crippen LogP contribution in [0.3, 0.4) is 0 Å². The maximum Gasteiger partial charge on any atom is 0.269 e. The molecule has 0 amide bonds. The molecular formula is C22H29N3O2. The predicted molar refractivity (Wildman–Crippen MR) is 109 cm³/mol. The lowest BCUT2D eigenvalue weighted by atomic mass is 9.90. The molecule has 144 valence electrons. The molecule has 0 radical (unpaired) electrons. The van der Waals surface area contributed by atoms with Gasteiger partial charge in [-0.3, -0.25) is 10.1 Å². The van der Waals surface area contributed by atoms with E-state index >= 15 is 0 Å². The number of hydrogen-bond donors (Lipinski definition) is 2. The summed E-state index contributed by atoms with van der Waals surface area (Å²) in [6, 6.07) is 17.8. The molecule has 0 spiro atoms. The number of nitrogens with one attached hydrogen (secondary N) is 2. The zero-order valence-corrected chi connectivity index (χ0v) is 15.8. The van der Waals surface area contributed by atoms with Crippen molar-refractivity contribution in [3.8, 4) is 0 Å². The van der Waals surface area contributed by atoms with Gasteiger partial charge in [-0.05, 0) is 74.8 Å². The second-order valence-electron chi connectivity index (χ2n) is 7.31. The Bertz CT molecular complexity index is 691. The van der Waals surface area contributed by atoms with E-state index in [0.717, 1.165) is 31.8 Å². The molecule has 0 atom stereocenters. The normalized spacial score (nSPS) is 18.4. The van der Waals surface area contributed by atoms with Gasteiger partial charge in [-0.25, -0.2) is 0 Å². The van der Waals surface area contributed by atoms with Crippen LogP contribution in [0.2, 0.25) is 0 Å². The molecular weight excluding hydrogens is 338 g/mol. The number of nitrogens with zero attached hydrogens (tertiary/aromatic N) is 1. The van der Waals surface area contributed by atoms with E-state index in [9.17, 15) is 10.1 Å². The molecule has 0 unspecified atom stereocenters. The number of nitro benzene ring substituents is 1. The Labute approximate surface area is 161 Å². The van der Waals surface area contributed by atoms with E-state index < -0.39 is 0 Å². The van der Waals surface area contributed by atoms with Crippen LogP contribution in [0.1, 0.15) is 48.6 Å². The summed E-state index contributed by atoms with van der Waals surface area (Å²) in [6.45, 7) is 4.45. The second-order valence-corrected chi connectivity index (χ2v) is 7.31. The average Bonchev–Trinajstić information content (AvgIpc) is 2.76. The van der Waals surface area contributed by atoms with Gasteiger partial charge in [-0.2, -0.15) is 0 Å². The molecule has 2 aliphatic rings. The van der Waals surface area contributed by atoms with E-state index in [4.69, 9.17) is 0 Å². The van der Waals surface area contributed by atoms with Gasteiger partial charge in [0.15, 0.2) is 0 Å². The molecule has 2 saturated heterocycles. The Morgan fingerprint density at radius 1 is 0.704 bits per heavy atom. The summed E-state index contributed by atoms with van der Waals surface area (Å²) in [5.41, 5.74) is 2.91. The van der Waals surface area contributed by atoms with Crippen molar-refractivity contribution in [2.24, 2.45) is 0 Å². The third-order valence-corrected chi connectivity index (χ3v) is 5.52. The second kappa shape index (κ2) is 10.2. The number of hydrogen-bond acceptors (Lipinski definition) is 4. The van der Waals surface area contributed by atoms with Crippen molar-refractivity contribution in [1.29, 1.82) is 0 Å². The molecule has 5 nitrogen and oxygen atoms in total. The summed E-state index contributed by atoms with van der Waals surface area (Å²) in [7, 11) is 0. The first kappa shape index (κ1) is 19.5. The third kappa shape index (κ3) is 5.88. The highest BCUT2D eigenvalue weighted by Crippen LogP contribution is 2.26. The maximum absolute atomic E-state index is 10.5. The van der Waals surface area contributed by atoms with Crippen LogP contribution in [-0.2, 0) is 0 Å². The molecule has 2 heterocycles. The monoisotopic (exact) mass is 367 g/mol. The topological polar surface area (TPSA) is 67.2 Å². The lowest BCUT2D eigenvalue weighted by molar-refractivity contribution is -0.384. The minimum Gasteiger partial charge on any atom is -0.317 e. The van der Waals surface area contributed by atoms with E-state index in [2.05, 4.69) is 41.0 Å². The third-order valence-electron chi connectivity index (χ3n) is 5.52. The van der Waals surface area contributed by atoms with Gasteiger partial charge >= 0.3 is 0 Å². The Kier molecular flexibility index (Phi) is 7.36. The van der Waals surface area contributed by atoms with Crippen LogP contribution in [-0.4, -0.2) is 31.1 Å². The van der Waals surface area contributed by atoms with Gasteiger partial charge in [0.05, 0.1) is 4.92 Å². The molecule has 27 heavy (non-hydrogen) atoms. The SMILES string of the molecule is O=[N+]([O-])c1ccc(C2CCNCC2)cc1.c1ccc(C2CCNCC2)cc1. The van der Waals surface area contributed by atoms with Crippen LogP contribution in [0, 0.1) is 10.1 Å². The molecule has 0 bridgehead atoms. The van der Waals surface area contributed by atoms with Crippen molar-refractivity contribution in [3.63, 3.8) is 0 Å². The first-order valence-corrected chi connectivity index (χ1v) is 9.95. The van der Waals surface area contributed by atoms with Crippen molar-refractivity contribution in [3.05, 3.63) is 75.8 Å². The fourth-order valence-corrected chi connectivity index (χ4v) is 3.90. The fraction of sp³-hybridized carbons (Fsp3) is 0.455. The van der Waals surface area contributed by atoms with Gasteiger partial charge < -0.3 is 10.6 Å². The van der Waals surface area contributed by atoms with Crippen LogP contribution >= 0.6 is 0 Å². The van der Waals surface area contributed by atoms with Gasteiger partial charge in [-0.15, -0.1) is 0 Å². The Balaban J connectivity index is 0.000000159. The zero-order valence-electron chi connectivity index (χ0n) is 15.8. The number of nitro groups is 1. The highest BCUT2D eigenvalue weighted by Gasteiger charge is 2.16. The van der Waals surface area contributed by atoms with Gasteiger partial charge in [0.25, 0.3) is 5.69 Å². The quantitative estimate of drug-likeness (QED) is 0.630. The summed E-state index contributed by atoms with van der Waals surface area (Å²) in [4.78, 5) is 10.1. The molecule has 2 aromatic carbocycles. The highest BCUT2D eigenvalue weighted by molar-refractivity contribution is 5.34. The minimum atomic E-state index is -0.355. The summed E-state index contributed by atoms with van der Waals surface area (Å²) < 4.78 is 0. The lowest BCUT2D eigenvalue weighted by Crippen LogP contribution is -2.26. The number of rotatable bonds is 3. The first-order chi connectivity index (χ1) is 13.2. The van der Waals surface area contributed by atoms with E-state index in [1.807, 2.05) is 12.1 Å². The van der Waals surface area contributed by atoms with Gasteiger partial charge in [-0.1, -0.05) is 42.5 Å². The maximum atomic E-state index is 10.5. The Morgan fingerprint density at radius 3 is 1.59 bits per heavy atom. The molecule has 2 aliphatic heterocycles. The number of benzene rings is 2. The highest BCUT2D eigenvalue weighted by atomic mass is 16.6. The first-order valence-electron chi connectivity index (χ1n) is 9.95. The van der Waals surface area contributed by atoms with E-state index in [1.54, 1.807) is 12.1 Å². The van der Waals surface area contributed by atoms with Crippen LogP contribution < -0.4 is 10.6 Å².